The highest BCUT2D eigenvalue weighted by Crippen LogP contribution is 2.49. The van der Waals surface area contributed by atoms with Crippen molar-refractivity contribution in [1.29, 1.82) is 0 Å². The van der Waals surface area contributed by atoms with Gasteiger partial charge < -0.3 is 14.4 Å². The van der Waals surface area contributed by atoms with Gasteiger partial charge in [-0.1, -0.05) is 44.5 Å². The van der Waals surface area contributed by atoms with Crippen LogP contribution in [0.1, 0.15) is 81.3 Å². The molecule has 0 radical (unpaired) electrons. The first kappa shape index (κ1) is 34.0. The molecule has 2 heterocycles. The smallest absolute Gasteiger partial charge is 0.264 e. The number of carbonyl (C=O) groups excluding carboxylic acids is 2. The molecule has 6 atom stereocenters. The zero-order valence-corrected chi connectivity index (χ0v) is 29.4. The molecule has 254 valence electrons. The van der Waals surface area contributed by atoms with Gasteiger partial charge in [0.05, 0.1) is 24.2 Å². The van der Waals surface area contributed by atoms with E-state index in [0.717, 1.165) is 49.1 Å². The number of allylic oxidation sites excluding steroid dienone is 1. The lowest BCUT2D eigenvalue weighted by molar-refractivity contribution is -0.143. The number of nitrogens with zero attached hydrogens (tertiary/aromatic N) is 1. The van der Waals surface area contributed by atoms with Crippen molar-refractivity contribution in [3.8, 4) is 5.75 Å². The third-order valence-electron chi connectivity index (χ3n) is 11.0. The molecule has 1 spiro atoms. The number of benzene rings is 2. The number of aldehydes is 1. The number of anilines is 1. The quantitative estimate of drug-likeness (QED) is 0.291. The molecule has 8 nitrogen and oxygen atoms in total. The number of aryl methyl sites for hydroxylation is 1. The number of carbonyl (C=O) groups is 2. The monoisotopic (exact) mass is 682 g/mol. The van der Waals surface area contributed by atoms with Crippen molar-refractivity contribution in [2.45, 2.75) is 82.5 Å². The molecule has 10 heteroatoms. The van der Waals surface area contributed by atoms with Gasteiger partial charge >= 0.3 is 0 Å². The summed E-state index contributed by atoms with van der Waals surface area (Å²) < 4.78 is 42.2. The molecule has 2 bridgehead atoms. The number of amides is 1. The second-order valence-corrected chi connectivity index (χ2v) is 17.2. The minimum atomic E-state index is -3.99. The van der Waals surface area contributed by atoms with E-state index >= 15 is 0 Å². The summed E-state index contributed by atoms with van der Waals surface area (Å²) in [6, 6.07) is 11.3. The van der Waals surface area contributed by atoms with Gasteiger partial charge in [-0.3, -0.25) is 9.59 Å². The topological polar surface area (TPSA) is 102 Å². The summed E-state index contributed by atoms with van der Waals surface area (Å²) in [5.74, 6) is 0.0203. The molecular weight excluding hydrogens is 636 g/mol. The van der Waals surface area contributed by atoms with E-state index in [-0.39, 0.29) is 34.7 Å². The first-order valence-corrected chi connectivity index (χ1v) is 18.9. The zero-order chi connectivity index (χ0) is 33.6. The van der Waals surface area contributed by atoms with Gasteiger partial charge in [0.15, 0.2) is 6.29 Å². The number of hydrogen-bond donors (Lipinski definition) is 1. The van der Waals surface area contributed by atoms with Gasteiger partial charge in [-0.15, -0.1) is 0 Å². The number of fused-ring (bicyclic) bond motifs is 4. The van der Waals surface area contributed by atoms with Crippen LogP contribution in [0.15, 0.2) is 48.6 Å². The summed E-state index contributed by atoms with van der Waals surface area (Å²) in [4.78, 5) is 28.9. The maximum Gasteiger partial charge on any atom is 0.264 e. The van der Waals surface area contributed by atoms with Crippen LogP contribution in [-0.4, -0.2) is 57.8 Å². The van der Waals surface area contributed by atoms with E-state index in [2.05, 4.69) is 35.6 Å². The van der Waals surface area contributed by atoms with Crippen LogP contribution in [0.25, 0.3) is 0 Å². The van der Waals surface area contributed by atoms with E-state index in [0.29, 0.717) is 38.5 Å². The zero-order valence-electron chi connectivity index (χ0n) is 27.8. The van der Waals surface area contributed by atoms with E-state index in [9.17, 15) is 18.0 Å². The molecule has 4 aliphatic rings. The van der Waals surface area contributed by atoms with Gasteiger partial charge in [0, 0.05) is 35.0 Å². The van der Waals surface area contributed by atoms with Gasteiger partial charge in [-0.2, -0.15) is 0 Å². The fourth-order valence-corrected chi connectivity index (χ4v) is 9.40. The Bertz CT molecular complexity index is 1660. The van der Waals surface area contributed by atoms with Crippen molar-refractivity contribution in [2.75, 3.05) is 31.2 Å². The van der Waals surface area contributed by atoms with Gasteiger partial charge in [0.1, 0.15) is 11.4 Å². The molecule has 47 heavy (non-hydrogen) atoms. The van der Waals surface area contributed by atoms with Crippen LogP contribution < -0.4 is 14.4 Å². The lowest BCUT2D eigenvalue weighted by Crippen LogP contribution is -2.54. The predicted octanol–water partition coefficient (Wildman–Crippen LogP) is 6.49. The van der Waals surface area contributed by atoms with Crippen molar-refractivity contribution >= 4 is 39.5 Å². The summed E-state index contributed by atoms with van der Waals surface area (Å²) >= 11 is 6.43. The number of sulfonamides is 1. The van der Waals surface area contributed by atoms with E-state index in [4.69, 9.17) is 21.1 Å². The molecule has 2 aromatic carbocycles. The molecule has 6 rings (SSSR count). The molecule has 0 aromatic heterocycles. The standard InChI is InChI=1S/C37H47ClN2O6S/c1-24(2)20-46-37(22-41)16-5-7-25(3)26(4)47(43,44)39-35(42)28-10-14-34-33(18-28)40(19-29-9-12-32(29)37)21-36(23-45-34)15-6-8-27-17-30(38)11-13-31(27)36/h5,10-11,13-14,16-18,22,24-26,29,32H,6-9,12,15,19-21,23H2,1-4H3,(H,39,42)/b16-5+/t25-,26+,29-,32+,36-,37+/m0/s1. The average Bonchev–Trinajstić information content (AvgIpc) is 3.17. The second-order valence-electron chi connectivity index (χ2n) is 14.7. The number of ether oxygens (including phenoxy) is 2. The molecule has 1 fully saturated rings. The Morgan fingerprint density at radius 2 is 1.98 bits per heavy atom. The summed E-state index contributed by atoms with van der Waals surface area (Å²) in [6.45, 7) is 9.78. The van der Waals surface area contributed by atoms with Crippen LogP contribution in [-0.2, 0) is 31.4 Å². The molecular formula is C37H47ClN2O6S. The van der Waals surface area contributed by atoms with Gasteiger partial charge in [0.25, 0.3) is 5.91 Å². The summed E-state index contributed by atoms with van der Waals surface area (Å²) in [6.07, 6.45) is 9.81. The SMILES string of the molecule is CC(C)CO[C@@]1(C=O)/C=C/C[C@H](C)[C@@H](C)S(=O)(=O)NC(=O)c2ccc3c(c2)N(C[C@@H]2CC[C@H]21)C[C@@]1(CCCc2cc(Cl)ccc21)CO3. The molecule has 1 saturated carbocycles. The minimum Gasteiger partial charge on any atom is -0.490 e. The minimum absolute atomic E-state index is 0.0492. The fourth-order valence-electron chi connectivity index (χ4n) is 7.92. The molecule has 0 unspecified atom stereocenters. The van der Waals surface area contributed by atoms with Crippen molar-refractivity contribution in [2.24, 2.45) is 23.7 Å². The molecule has 1 N–H and O–H groups in total. The normalized spacial score (nSPS) is 32.6. The number of hydrogen-bond acceptors (Lipinski definition) is 7. The highest BCUT2D eigenvalue weighted by atomic mass is 35.5. The Balaban J connectivity index is 1.46. The Labute approximate surface area is 284 Å². The first-order chi connectivity index (χ1) is 22.4. The molecule has 2 aromatic rings. The predicted molar refractivity (Wildman–Crippen MR) is 185 cm³/mol. The summed E-state index contributed by atoms with van der Waals surface area (Å²) in [5, 5.41) is -0.127. The highest BCUT2D eigenvalue weighted by Gasteiger charge is 2.49. The van der Waals surface area contributed by atoms with E-state index in [1.165, 1.54) is 11.1 Å². The van der Waals surface area contributed by atoms with Gasteiger partial charge in [-0.25, -0.2) is 13.1 Å². The molecule has 2 aliphatic heterocycles. The third-order valence-corrected chi connectivity index (χ3v) is 13.2. The lowest BCUT2D eigenvalue weighted by atomic mass is 9.64. The first-order valence-electron chi connectivity index (χ1n) is 17.0. The maximum atomic E-state index is 13.5. The third kappa shape index (κ3) is 6.60. The average molecular weight is 683 g/mol. The Morgan fingerprint density at radius 1 is 1.17 bits per heavy atom. The molecule has 2 aliphatic carbocycles. The van der Waals surface area contributed by atoms with Crippen LogP contribution in [0.2, 0.25) is 5.02 Å². The Morgan fingerprint density at radius 3 is 2.70 bits per heavy atom. The summed E-state index contributed by atoms with van der Waals surface area (Å²) in [5.41, 5.74) is 2.05. The largest absolute Gasteiger partial charge is 0.490 e. The molecule has 0 saturated heterocycles. The van der Waals surface area contributed by atoms with E-state index in [1.807, 2.05) is 25.1 Å². The van der Waals surface area contributed by atoms with Crippen LogP contribution in [0, 0.1) is 23.7 Å². The van der Waals surface area contributed by atoms with Crippen LogP contribution in [0.5, 0.6) is 5.75 Å². The second kappa shape index (κ2) is 13.2. The van der Waals surface area contributed by atoms with Crippen LogP contribution in [0.4, 0.5) is 5.69 Å². The van der Waals surface area contributed by atoms with Crippen molar-refractivity contribution < 1.29 is 27.5 Å². The van der Waals surface area contributed by atoms with Crippen molar-refractivity contribution in [3.05, 3.63) is 70.3 Å². The van der Waals surface area contributed by atoms with Crippen LogP contribution in [0.3, 0.4) is 0 Å². The lowest BCUT2D eigenvalue weighted by Gasteiger charge is -2.49. The molecule has 1 amide bonds. The number of nitrogens with one attached hydrogen (secondary N) is 1. The maximum absolute atomic E-state index is 13.5. The van der Waals surface area contributed by atoms with Gasteiger partial charge in [0.2, 0.25) is 10.0 Å². The number of halogens is 1. The van der Waals surface area contributed by atoms with Crippen LogP contribution >= 0.6 is 11.6 Å². The van der Waals surface area contributed by atoms with Crippen molar-refractivity contribution in [1.82, 2.24) is 4.72 Å². The fraction of sp³-hybridized carbons (Fsp3) is 0.568. The Hall–Kier alpha value is -2.88. The number of rotatable bonds is 4. The Kier molecular flexibility index (Phi) is 9.55. The van der Waals surface area contributed by atoms with E-state index < -0.39 is 26.8 Å². The highest BCUT2D eigenvalue weighted by molar-refractivity contribution is 7.90. The summed E-state index contributed by atoms with van der Waals surface area (Å²) in [7, 11) is -3.99. The van der Waals surface area contributed by atoms with Crippen molar-refractivity contribution in [3.63, 3.8) is 0 Å². The van der Waals surface area contributed by atoms with Gasteiger partial charge in [-0.05, 0) is 111 Å². The van der Waals surface area contributed by atoms with E-state index in [1.54, 1.807) is 25.1 Å².